The van der Waals surface area contributed by atoms with E-state index in [1.165, 1.54) is 51.2 Å². The molecule has 0 radical (unpaired) electrons. The van der Waals surface area contributed by atoms with Gasteiger partial charge in [0.05, 0.1) is 0 Å². The molecule has 4 heteroatoms. The van der Waals surface area contributed by atoms with Gasteiger partial charge in [0.1, 0.15) is 9.84 Å². The van der Waals surface area contributed by atoms with E-state index in [-0.39, 0.29) is 0 Å². The molecule has 1 atom stereocenters. The van der Waals surface area contributed by atoms with E-state index in [4.69, 9.17) is 0 Å². The standard InChI is InChI=1S/C14H29NO2S/c1-15-14(10-7-11-18(2,16)17)12-13-8-5-3-4-6-9-13/h13-15H,3-12H2,1-2H3. The Morgan fingerprint density at radius 2 is 1.78 bits per heavy atom. The number of sulfone groups is 1. The van der Waals surface area contributed by atoms with Crippen LogP contribution in [-0.2, 0) is 9.84 Å². The van der Waals surface area contributed by atoms with Crippen LogP contribution in [0.5, 0.6) is 0 Å². The number of rotatable bonds is 7. The molecule has 0 aliphatic heterocycles. The van der Waals surface area contributed by atoms with Gasteiger partial charge in [-0.1, -0.05) is 38.5 Å². The summed E-state index contributed by atoms with van der Waals surface area (Å²) in [4.78, 5) is 0. The summed E-state index contributed by atoms with van der Waals surface area (Å²) in [6.45, 7) is 0. The zero-order valence-corrected chi connectivity index (χ0v) is 12.8. The fraction of sp³-hybridized carbons (Fsp3) is 1.00. The summed E-state index contributed by atoms with van der Waals surface area (Å²) < 4.78 is 22.2. The van der Waals surface area contributed by atoms with Crippen molar-refractivity contribution in [2.24, 2.45) is 5.92 Å². The quantitative estimate of drug-likeness (QED) is 0.727. The second-order valence-corrected chi connectivity index (χ2v) is 8.11. The SMILES string of the molecule is CNC(CCCS(C)(=O)=O)CC1CCCCCC1. The van der Waals surface area contributed by atoms with Crippen LogP contribution >= 0.6 is 0 Å². The van der Waals surface area contributed by atoms with Gasteiger partial charge in [0.2, 0.25) is 0 Å². The molecule has 0 bridgehead atoms. The van der Waals surface area contributed by atoms with Crippen LogP contribution in [0.2, 0.25) is 0 Å². The normalized spacial score (nSPS) is 20.6. The Hall–Kier alpha value is -0.0900. The van der Waals surface area contributed by atoms with E-state index in [0.29, 0.717) is 11.8 Å². The van der Waals surface area contributed by atoms with E-state index >= 15 is 0 Å². The molecule has 1 unspecified atom stereocenters. The fourth-order valence-corrected chi connectivity index (χ4v) is 3.66. The van der Waals surface area contributed by atoms with Crippen molar-refractivity contribution in [3.63, 3.8) is 0 Å². The minimum absolute atomic E-state index is 0.329. The average Bonchev–Trinajstić information content (AvgIpc) is 2.54. The van der Waals surface area contributed by atoms with Crippen molar-refractivity contribution in [3.8, 4) is 0 Å². The Kier molecular flexibility index (Phi) is 7.23. The van der Waals surface area contributed by atoms with Crippen LogP contribution in [-0.4, -0.2) is 33.5 Å². The van der Waals surface area contributed by atoms with Gasteiger partial charge in [0.15, 0.2) is 0 Å². The maximum absolute atomic E-state index is 11.1. The molecule has 3 nitrogen and oxygen atoms in total. The lowest BCUT2D eigenvalue weighted by Gasteiger charge is -2.22. The topological polar surface area (TPSA) is 46.2 Å². The predicted octanol–water partition coefficient (Wildman–Crippen LogP) is 2.76. The van der Waals surface area contributed by atoms with Crippen LogP contribution in [0.15, 0.2) is 0 Å². The lowest BCUT2D eigenvalue weighted by molar-refractivity contribution is 0.350. The second-order valence-electron chi connectivity index (χ2n) is 5.85. The number of nitrogens with one attached hydrogen (secondary N) is 1. The summed E-state index contributed by atoms with van der Waals surface area (Å²) in [6.07, 6.45) is 12.6. The van der Waals surface area contributed by atoms with Crippen molar-refractivity contribution >= 4 is 9.84 Å². The second kappa shape index (κ2) is 8.16. The molecule has 0 amide bonds. The lowest BCUT2D eigenvalue weighted by Crippen LogP contribution is -2.28. The van der Waals surface area contributed by atoms with Crippen molar-refractivity contribution in [2.45, 2.75) is 63.8 Å². The zero-order chi connectivity index (χ0) is 13.4. The summed E-state index contributed by atoms with van der Waals surface area (Å²) in [5.74, 6) is 1.18. The summed E-state index contributed by atoms with van der Waals surface area (Å²) in [7, 11) is -0.793. The van der Waals surface area contributed by atoms with Crippen molar-refractivity contribution in [1.82, 2.24) is 5.32 Å². The van der Waals surface area contributed by atoms with Crippen molar-refractivity contribution in [1.29, 1.82) is 0 Å². The fourth-order valence-electron chi connectivity index (χ4n) is 2.97. The first-order valence-corrected chi connectivity index (χ1v) is 9.42. The highest BCUT2D eigenvalue weighted by Crippen LogP contribution is 2.27. The Morgan fingerprint density at radius 1 is 1.17 bits per heavy atom. The van der Waals surface area contributed by atoms with Gasteiger partial charge in [-0.3, -0.25) is 0 Å². The first-order chi connectivity index (χ1) is 8.51. The van der Waals surface area contributed by atoms with Gasteiger partial charge in [-0.15, -0.1) is 0 Å². The van der Waals surface area contributed by atoms with Gasteiger partial charge in [-0.05, 0) is 32.2 Å². The number of hydrogen-bond acceptors (Lipinski definition) is 3. The lowest BCUT2D eigenvalue weighted by atomic mass is 9.91. The molecule has 0 aromatic rings. The van der Waals surface area contributed by atoms with Crippen LogP contribution in [0.25, 0.3) is 0 Å². The maximum Gasteiger partial charge on any atom is 0.147 e. The minimum Gasteiger partial charge on any atom is -0.317 e. The third-order valence-corrected chi connectivity index (χ3v) is 5.10. The van der Waals surface area contributed by atoms with Crippen molar-refractivity contribution in [2.75, 3.05) is 19.1 Å². The highest BCUT2D eigenvalue weighted by atomic mass is 32.2. The molecule has 1 aliphatic rings. The Balaban J connectivity index is 2.27. The molecule has 1 aliphatic carbocycles. The molecule has 0 saturated heterocycles. The summed E-state index contributed by atoms with van der Waals surface area (Å²) in [5, 5.41) is 3.36. The average molecular weight is 275 g/mol. The van der Waals surface area contributed by atoms with Crippen LogP contribution in [0, 0.1) is 5.92 Å². The van der Waals surface area contributed by atoms with Crippen molar-refractivity contribution in [3.05, 3.63) is 0 Å². The molecule has 108 valence electrons. The molecule has 0 aromatic carbocycles. The third-order valence-electron chi connectivity index (χ3n) is 4.07. The van der Waals surface area contributed by atoms with E-state index in [9.17, 15) is 8.42 Å². The van der Waals surface area contributed by atoms with E-state index in [2.05, 4.69) is 5.32 Å². The summed E-state index contributed by atoms with van der Waals surface area (Å²) in [6, 6.07) is 0.495. The van der Waals surface area contributed by atoms with Gasteiger partial charge in [0, 0.05) is 18.1 Å². The largest absolute Gasteiger partial charge is 0.317 e. The van der Waals surface area contributed by atoms with Gasteiger partial charge >= 0.3 is 0 Å². The highest BCUT2D eigenvalue weighted by molar-refractivity contribution is 7.90. The molecule has 0 spiro atoms. The Morgan fingerprint density at radius 3 is 2.28 bits per heavy atom. The van der Waals surface area contributed by atoms with E-state index in [0.717, 1.165) is 18.8 Å². The van der Waals surface area contributed by atoms with Crippen LogP contribution in [0.1, 0.15) is 57.8 Å². The van der Waals surface area contributed by atoms with Gasteiger partial charge in [0.25, 0.3) is 0 Å². The molecule has 0 heterocycles. The zero-order valence-electron chi connectivity index (χ0n) is 12.0. The van der Waals surface area contributed by atoms with Crippen LogP contribution in [0.3, 0.4) is 0 Å². The first-order valence-electron chi connectivity index (χ1n) is 7.36. The molecule has 18 heavy (non-hydrogen) atoms. The monoisotopic (exact) mass is 275 g/mol. The van der Waals surface area contributed by atoms with Gasteiger partial charge in [-0.2, -0.15) is 0 Å². The summed E-state index contributed by atoms with van der Waals surface area (Å²) >= 11 is 0. The molecule has 1 rings (SSSR count). The molecule has 0 aromatic heterocycles. The molecule has 1 saturated carbocycles. The van der Waals surface area contributed by atoms with Crippen LogP contribution < -0.4 is 5.32 Å². The van der Waals surface area contributed by atoms with Crippen LogP contribution in [0.4, 0.5) is 0 Å². The van der Waals surface area contributed by atoms with Gasteiger partial charge < -0.3 is 5.32 Å². The Bertz CT molecular complexity index is 306. The van der Waals surface area contributed by atoms with E-state index in [1.807, 2.05) is 7.05 Å². The summed E-state index contributed by atoms with van der Waals surface area (Å²) in [5.41, 5.74) is 0. The molecular weight excluding hydrogens is 246 g/mol. The Labute approximate surface area is 113 Å². The highest BCUT2D eigenvalue weighted by Gasteiger charge is 2.17. The van der Waals surface area contributed by atoms with E-state index in [1.54, 1.807) is 0 Å². The first kappa shape index (κ1) is 16.0. The third kappa shape index (κ3) is 7.37. The van der Waals surface area contributed by atoms with E-state index < -0.39 is 9.84 Å². The molecule has 1 fully saturated rings. The maximum atomic E-state index is 11.1. The number of hydrogen-bond donors (Lipinski definition) is 1. The smallest absolute Gasteiger partial charge is 0.147 e. The molecular formula is C14H29NO2S. The molecule has 1 N–H and O–H groups in total. The van der Waals surface area contributed by atoms with Gasteiger partial charge in [-0.25, -0.2) is 8.42 Å². The predicted molar refractivity (Wildman–Crippen MR) is 77.6 cm³/mol. The minimum atomic E-state index is -2.79. The van der Waals surface area contributed by atoms with Crippen molar-refractivity contribution < 1.29 is 8.42 Å².